The number of carbonyl (C=O) groups is 1. The standard InChI is InChI=1S/C13H18N2O3S/c16-13(10-1-6-19-9-10)14-11-7-18-8-12(11)15-2-4-17-5-3-15/h1,6,9,11-12H,2-5,7-8H2,(H,14,16)/t11-,12-/m1/s1. The lowest BCUT2D eigenvalue weighted by Gasteiger charge is -2.34. The molecule has 19 heavy (non-hydrogen) atoms. The molecule has 0 bridgehead atoms. The van der Waals surface area contributed by atoms with Gasteiger partial charge in [0.25, 0.3) is 5.91 Å². The zero-order chi connectivity index (χ0) is 13.1. The Kier molecular flexibility index (Phi) is 4.12. The molecule has 1 amide bonds. The average Bonchev–Trinajstić information content (AvgIpc) is 3.11. The Morgan fingerprint density at radius 1 is 1.32 bits per heavy atom. The first-order chi connectivity index (χ1) is 9.34. The highest BCUT2D eigenvalue weighted by Gasteiger charge is 2.34. The van der Waals surface area contributed by atoms with Crippen LogP contribution >= 0.6 is 11.3 Å². The molecule has 2 aliphatic rings. The van der Waals surface area contributed by atoms with Crippen LogP contribution < -0.4 is 5.32 Å². The second-order valence-electron chi connectivity index (χ2n) is 4.85. The molecule has 3 rings (SSSR count). The van der Waals surface area contributed by atoms with Crippen LogP contribution in [0.1, 0.15) is 10.4 Å². The van der Waals surface area contributed by atoms with Crippen LogP contribution in [-0.2, 0) is 9.47 Å². The lowest BCUT2D eigenvalue weighted by Crippen LogP contribution is -2.54. The van der Waals surface area contributed by atoms with E-state index in [0.717, 1.165) is 31.9 Å². The van der Waals surface area contributed by atoms with Gasteiger partial charge in [-0.15, -0.1) is 0 Å². The van der Waals surface area contributed by atoms with Crippen LogP contribution in [0, 0.1) is 0 Å². The van der Waals surface area contributed by atoms with Crippen molar-refractivity contribution in [3.63, 3.8) is 0 Å². The van der Waals surface area contributed by atoms with Crippen LogP contribution in [0.3, 0.4) is 0 Å². The van der Waals surface area contributed by atoms with E-state index in [1.807, 2.05) is 16.8 Å². The maximum atomic E-state index is 12.1. The summed E-state index contributed by atoms with van der Waals surface area (Å²) in [7, 11) is 0. The van der Waals surface area contributed by atoms with E-state index >= 15 is 0 Å². The lowest BCUT2D eigenvalue weighted by atomic mass is 10.1. The van der Waals surface area contributed by atoms with Gasteiger partial charge in [0, 0.05) is 24.0 Å². The molecule has 1 aromatic rings. The van der Waals surface area contributed by atoms with Crippen LogP contribution in [0.25, 0.3) is 0 Å². The third-order valence-corrected chi connectivity index (χ3v) is 4.35. The quantitative estimate of drug-likeness (QED) is 0.881. The molecular formula is C13H18N2O3S. The maximum absolute atomic E-state index is 12.1. The zero-order valence-electron chi connectivity index (χ0n) is 10.7. The summed E-state index contributed by atoms with van der Waals surface area (Å²) in [4.78, 5) is 14.4. The van der Waals surface area contributed by atoms with Crippen molar-refractivity contribution in [3.05, 3.63) is 22.4 Å². The minimum Gasteiger partial charge on any atom is -0.379 e. The first-order valence-electron chi connectivity index (χ1n) is 6.57. The van der Waals surface area contributed by atoms with E-state index < -0.39 is 0 Å². The second kappa shape index (κ2) is 6.00. The molecule has 104 valence electrons. The van der Waals surface area contributed by atoms with Gasteiger partial charge in [0.15, 0.2) is 0 Å². The second-order valence-corrected chi connectivity index (χ2v) is 5.63. The van der Waals surface area contributed by atoms with Gasteiger partial charge in [0.1, 0.15) is 0 Å². The SMILES string of the molecule is O=C(N[C@@H]1COC[C@H]1N1CCOCC1)c1ccsc1. The van der Waals surface area contributed by atoms with Gasteiger partial charge >= 0.3 is 0 Å². The largest absolute Gasteiger partial charge is 0.379 e. The molecule has 5 nitrogen and oxygen atoms in total. The fourth-order valence-corrected chi connectivity index (χ4v) is 3.23. The molecular weight excluding hydrogens is 264 g/mol. The molecule has 2 saturated heterocycles. The van der Waals surface area contributed by atoms with Gasteiger partial charge in [-0.1, -0.05) is 0 Å². The molecule has 0 radical (unpaired) electrons. The van der Waals surface area contributed by atoms with Crippen molar-refractivity contribution in [2.24, 2.45) is 0 Å². The Bertz CT molecular complexity index is 418. The molecule has 1 aromatic heterocycles. The Labute approximate surface area is 116 Å². The Balaban J connectivity index is 1.61. The third kappa shape index (κ3) is 2.97. The van der Waals surface area contributed by atoms with Gasteiger partial charge in [0.2, 0.25) is 0 Å². The Hall–Kier alpha value is -0.950. The van der Waals surface area contributed by atoms with Crippen LogP contribution in [0.4, 0.5) is 0 Å². The number of hydrogen-bond acceptors (Lipinski definition) is 5. The van der Waals surface area contributed by atoms with E-state index in [-0.39, 0.29) is 18.0 Å². The van der Waals surface area contributed by atoms with Crippen molar-refractivity contribution in [1.82, 2.24) is 10.2 Å². The van der Waals surface area contributed by atoms with Crippen molar-refractivity contribution in [2.45, 2.75) is 12.1 Å². The van der Waals surface area contributed by atoms with Gasteiger partial charge in [-0.25, -0.2) is 0 Å². The highest BCUT2D eigenvalue weighted by Crippen LogP contribution is 2.16. The minimum absolute atomic E-state index is 0.00462. The number of thiophene rings is 1. The molecule has 1 N–H and O–H groups in total. The fraction of sp³-hybridized carbons (Fsp3) is 0.615. The van der Waals surface area contributed by atoms with Crippen molar-refractivity contribution in [1.29, 1.82) is 0 Å². The first kappa shape index (κ1) is 13.1. The van der Waals surface area contributed by atoms with Gasteiger partial charge in [-0.3, -0.25) is 9.69 Å². The highest BCUT2D eigenvalue weighted by atomic mass is 32.1. The first-order valence-corrected chi connectivity index (χ1v) is 7.51. The number of rotatable bonds is 3. The van der Waals surface area contributed by atoms with Crippen molar-refractivity contribution in [3.8, 4) is 0 Å². The summed E-state index contributed by atoms with van der Waals surface area (Å²) in [6, 6.07) is 2.19. The van der Waals surface area contributed by atoms with Gasteiger partial charge in [-0.2, -0.15) is 11.3 Å². The molecule has 0 saturated carbocycles. The molecule has 2 atom stereocenters. The van der Waals surface area contributed by atoms with E-state index in [1.165, 1.54) is 11.3 Å². The fourth-order valence-electron chi connectivity index (χ4n) is 2.60. The Morgan fingerprint density at radius 2 is 2.16 bits per heavy atom. The number of morpholine rings is 1. The Morgan fingerprint density at radius 3 is 2.89 bits per heavy atom. The molecule has 0 aromatic carbocycles. The number of amides is 1. The van der Waals surface area contributed by atoms with Gasteiger partial charge < -0.3 is 14.8 Å². The van der Waals surface area contributed by atoms with Gasteiger partial charge in [0.05, 0.1) is 38.5 Å². The number of nitrogens with zero attached hydrogens (tertiary/aromatic N) is 1. The minimum atomic E-state index is -0.00462. The van der Waals surface area contributed by atoms with Crippen LogP contribution in [0.2, 0.25) is 0 Å². The van der Waals surface area contributed by atoms with E-state index in [9.17, 15) is 4.79 Å². The predicted molar refractivity (Wildman–Crippen MR) is 72.6 cm³/mol. The van der Waals surface area contributed by atoms with E-state index in [0.29, 0.717) is 13.2 Å². The monoisotopic (exact) mass is 282 g/mol. The predicted octanol–water partition coefficient (Wildman–Crippen LogP) is 0.578. The summed E-state index contributed by atoms with van der Waals surface area (Å²) < 4.78 is 10.9. The smallest absolute Gasteiger partial charge is 0.252 e. The zero-order valence-corrected chi connectivity index (χ0v) is 11.5. The molecule has 6 heteroatoms. The van der Waals surface area contributed by atoms with Crippen molar-refractivity contribution >= 4 is 17.2 Å². The summed E-state index contributed by atoms with van der Waals surface area (Å²) in [5.74, 6) is -0.00462. The molecule has 0 aliphatic carbocycles. The number of carbonyl (C=O) groups excluding carboxylic acids is 1. The number of ether oxygens (including phenoxy) is 2. The highest BCUT2D eigenvalue weighted by molar-refractivity contribution is 7.08. The average molecular weight is 282 g/mol. The maximum Gasteiger partial charge on any atom is 0.252 e. The summed E-state index contributed by atoms with van der Waals surface area (Å²) in [5.41, 5.74) is 0.734. The van der Waals surface area contributed by atoms with E-state index in [1.54, 1.807) is 0 Å². The van der Waals surface area contributed by atoms with Crippen LogP contribution in [0.15, 0.2) is 16.8 Å². The molecule has 3 heterocycles. The molecule has 2 aliphatic heterocycles. The van der Waals surface area contributed by atoms with Crippen LogP contribution in [-0.4, -0.2) is 62.4 Å². The van der Waals surface area contributed by atoms with Crippen molar-refractivity contribution in [2.75, 3.05) is 39.5 Å². The number of nitrogens with one attached hydrogen (secondary N) is 1. The van der Waals surface area contributed by atoms with E-state index in [4.69, 9.17) is 9.47 Å². The molecule has 2 fully saturated rings. The van der Waals surface area contributed by atoms with Crippen LogP contribution in [0.5, 0.6) is 0 Å². The third-order valence-electron chi connectivity index (χ3n) is 3.67. The van der Waals surface area contributed by atoms with E-state index in [2.05, 4.69) is 10.2 Å². The normalized spacial score (nSPS) is 28.4. The molecule has 0 unspecified atom stereocenters. The summed E-state index contributed by atoms with van der Waals surface area (Å²) in [5, 5.41) is 6.88. The molecule has 0 spiro atoms. The summed E-state index contributed by atoms with van der Waals surface area (Å²) >= 11 is 1.54. The topological polar surface area (TPSA) is 50.8 Å². The van der Waals surface area contributed by atoms with Crippen molar-refractivity contribution < 1.29 is 14.3 Å². The number of hydrogen-bond donors (Lipinski definition) is 1. The van der Waals surface area contributed by atoms with Gasteiger partial charge in [-0.05, 0) is 11.4 Å². The lowest BCUT2D eigenvalue weighted by molar-refractivity contribution is 0.0108. The summed E-state index contributed by atoms with van der Waals surface area (Å²) in [6.07, 6.45) is 0. The summed E-state index contributed by atoms with van der Waals surface area (Å²) in [6.45, 7) is 4.65.